The standard InChI is InChI=1S/C10H15.2CO.BF4.Fe.H2O/c1-6-7(2)9(4)10(5)8(6)3;2*1-2;2-1(3,4)5;;/h1-5H3;;;;;1H2/q;;;-1;;. The van der Waals surface area contributed by atoms with Gasteiger partial charge in [-0.1, -0.05) is 34.6 Å². The van der Waals surface area contributed by atoms with Gasteiger partial charge in [0.25, 0.3) is 0 Å². The Balaban J connectivity index is -0.0000000674. The van der Waals surface area contributed by atoms with Crippen LogP contribution < -0.4 is 0 Å². The molecular formula is C12H17BF4FeO3-. The number of rotatable bonds is 0. The van der Waals surface area contributed by atoms with E-state index in [1.165, 1.54) is 29.6 Å². The molecule has 21 heavy (non-hydrogen) atoms. The minimum absolute atomic E-state index is 0. The van der Waals surface area contributed by atoms with Gasteiger partial charge in [-0.3, -0.25) is 0 Å². The second-order valence-electron chi connectivity index (χ2n) is 3.62. The van der Waals surface area contributed by atoms with Gasteiger partial charge in [0.1, 0.15) is 0 Å². The molecule has 0 bridgehead atoms. The Bertz CT molecular complexity index is 217. The zero-order chi connectivity index (χ0) is 16.4. The summed E-state index contributed by atoms with van der Waals surface area (Å²) in [5.41, 5.74) is 0. The van der Waals surface area contributed by atoms with E-state index >= 15 is 0 Å². The SMILES string of the molecule is C[C]1[C](C)[C](C)[C](C)[C]1C.F[B-](F)(F)F.O.[C-]#[O+].[C-]#[O+].[Fe]. The Morgan fingerprint density at radius 3 is 0.714 bits per heavy atom. The van der Waals surface area contributed by atoms with Crippen molar-refractivity contribution < 1.29 is 49.1 Å². The molecule has 0 spiro atoms. The molecule has 2 N–H and O–H groups in total. The topological polar surface area (TPSA) is 71.3 Å². The zero-order valence-corrected chi connectivity index (χ0v) is 13.4. The predicted octanol–water partition coefficient (Wildman–Crippen LogP) is 3.37. The molecule has 1 aliphatic carbocycles. The third-order valence-electron chi connectivity index (χ3n) is 2.81. The fraction of sp³-hybridized carbons (Fsp3) is 0.417. The Kier molecular flexibility index (Phi) is 25.0. The maximum Gasteiger partial charge on any atom is 0 e. The smallest absolute Gasteiger partial charge is 0 e. The normalized spacial score (nSPS) is 16.6. The average Bonchev–Trinajstić information content (AvgIpc) is 2.51. The second kappa shape index (κ2) is 16.1. The summed E-state index contributed by atoms with van der Waals surface area (Å²) in [6, 6.07) is 0. The molecule has 0 amide bonds. The van der Waals surface area contributed by atoms with E-state index < -0.39 is 7.25 Å². The van der Waals surface area contributed by atoms with Crippen LogP contribution in [0.4, 0.5) is 17.3 Å². The third kappa shape index (κ3) is 15.9. The van der Waals surface area contributed by atoms with Gasteiger partial charge >= 0.3 is 29.9 Å². The monoisotopic (exact) mass is 352 g/mol. The summed E-state index contributed by atoms with van der Waals surface area (Å²) < 4.78 is 54.0. The van der Waals surface area contributed by atoms with Crippen LogP contribution in [0.25, 0.3) is 0 Å². The fourth-order valence-electron chi connectivity index (χ4n) is 1.41. The molecule has 0 aromatic heterocycles. The Morgan fingerprint density at radius 2 is 0.667 bits per heavy atom. The summed E-state index contributed by atoms with van der Waals surface area (Å²) >= 11 is 0. The van der Waals surface area contributed by atoms with Crippen molar-refractivity contribution in [2.24, 2.45) is 0 Å². The zero-order valence-electron chi connectivity index (χ0n) is 12.3. The Morgan fingerprint density at radius 1 is 0.619 bits per heavy atom. The van der Waals surface area contributed by atoms with Crippen molar-refractivity contribution in [1.82, 2.24) is 0 Å². The number of hydrogen-bond donors (Lipinski definition) is 0. The molecule has 5 radical (unpaired) electrons. The Labute approximate surface area is 134 Å². The van der Waals surface area contributed by atoms with Crippen molar-refractivity contribution in [1.29, 1.82) is 0 Å². The van der Waals surface area contributed by atoms with Gasteiger partial charge in [-0.15, -0.1) is 0 Å². The molecular weight excluding hydrogens is 335 g/mol. The van der Waals surface area contributed by atoms with Crippen molar-refractivity contribution in [2.45, 2.75) is 34.6 Å². The first-order valence-electron chi connectivity index (χ1n) is 5.03. The molecule has 9 heteroatoms. The van der Waals surface area contributed by atoms with E-state index in [4.69, 9.17) is 9.30 Å². The third-order valence-corrected chi connectivity index (χ3v) is 2.81. The quantitative estimate of drug-likeness (QED) is 0.278. The van der Waals surface area contributed by atoms with Gasteiger partial charge in [-0.05, 0) is 29.6 Å². The van der Waals surface area contributed by atoms with Crippen LogP contribution in [0.3, 0.4) is 0 Å². The van der Waals surface area contributed by atoms with E-state index in [-0.39, 0.29) is 22.5 Å². The van der Waals surface area contributed by atoms with Crippen molar-refractivity contribution in [3.63, 3.8) is 0 Å². The first-order chi connectivity index (χ1) is 8.55. The minimum atomic E-state index is -6.00. The van der Waals surface area contributed by atoms with Gasteiger partial charge < -0.3 is 22.7 Å². The van der Waals surface area contributed by atoms with Crippen LogP contribution in [-0.2, 0) is 26.4 Å². The summed E-state index contributed by atoms with van der Waals surface area (Å²) in [6.45, 7) is 20.0. The molecule has 0 aromatic rings. The molecule has 1 saturated carbocycles. The van der Waals surface area contributed by atoms with Crippen LogP contribution in [0.1, 0.15) is 34.6 Å². The molecule has 3 nitrogen and oxygen atoms in total. The van der Waals surface area contributed by atoms with Crippen LogP contribution in [0.15, 0.2) is 0 Å². The predicted molar refractivity (Wildman–Crippen MR) is 66.2 cm³/mol. The minimum Gasteiger partial charge on any atom is 0 e. The summed E-state index contributed by atoms with van der Waals surface area (Å²) in [5, 5.41) is 0. The molecule has 0 heterocycles. The first kappa shape index (κ1) is 32.6. The van der Waals surface area contributed by atoms with Gasteiger partial charge in [0.15, 0.2) is 0 Å². The number of halogens is 4. The van der Waals surface area contributed by atoms with Crippen molar-refractivity contribution in [3.8, 4) is 0 Å². The maximum atomic E-state index is 9.75. The van der Waals surface area contributed by atoms with Gasteiger partial charge in [-0.25, -0.2) is 0 Å². The fourth-order valence-corrected chi connectivity index (χ4v) is 1.41. The summed E-state index contributed by atoms with van der Waals surface area (Å²) in [6.07, 6.45) is 0. The van der Waals surface area contributed by atoms with Crippen molar-refractivity contribution in [3.05, 3.63) is 42.9 Å². The maximum absolute atomic E-state index is 9.75. The summed E-state index contributed by atoms with van der Waals surface area (Å²) in [4.78, 5) is 0. The average molecular weight is 352 g/mol. The number of hydrogen-bond acceptors (Lipinski definition) is 0. The van der Waals surface area contributed by atoms with Crippen LogP contribution in [-0.4, -0.2) is 12.7 Å². The molecule has 0 saturated heterocycles. The first-order valence-corrected chi connectivity index (χ1v) is 5.03. The molecule has 1 rings (SSSR count). The van der Waals surface area contributed by atoms with E-state index in [2.05, 4.69) is 47.9 Å². The van der Waals surface area contributed by atoms with E-state index in [1.807, 2.05) is 0 Å². The van der Waals surface area contributed by atoms with Gasteiger partial charge in [0.2, 0.25) is 0 Å². The van der Waals surface area contributed by atoms with Crippen LogP contribution in [0.5, 0.6) is 0 Å². The molecule has 1 aliphatic rings. The van der Waals surface area contributed by atoms with Crippen LogP contribution in [0, 0.1) is 42.9 Å². The van der Waals surface area contributed by atoms with E-state index in [0.29, 0.717) is 0 Å². The molecule has 1 fully saturated rings. The van der Waals surface area contributed by atoms with Crippen LogP contribution >= 0.6 is 0 Å². The molecule has 0 atom stereocenters. The Hall–Kier alpha value is -0.256. The van der Waals surface area contributed by atoms with Crippen molar-refractivity contribution in [2.75, 3.05) is 0 Å². The van der Waals surface area contributed by atoms with Gasteiger partial charge in [0, 0.05) is 17.1 Å². The molecule has 0 aromatic carbocycles. The second-order valence-corrected chi connectivity index (χ2v) is 3.62. The molecule has 0 unspecified atom stereocenters. The van der Waals surface area contributed by atoms with E-state index in [0.717, 1.165) is 0 Å². The van der Waals surface area contributed by atoms with Gasteiger partial charge in [-0.2, -0.15) is 0 Å². The van der Waals surface area contributed by atoms with E-state index in [9.17, 15) is 17.3 Å². The summed E-state index contributed by atoms with van der Waals surface area (Å²) in [5.74, 6) is 7.34. The molecule has 123 valence electrons. The molecule has 0 aliphatic heterocycles. The van der Waals surface area contributed by atoms with Crippen molar-refractivity contribution >= 4 is 7.25 Å². The van der Waals surface area contributed by atoms with Gasteiger partial charge in [0.05, 0.1) is 0 Å². The van der Waals surface area contributed by atoms with E-state index in [1.54, 1.807) is 0 Å². The summed E-state index contributed by atoms with van der Waals surface area (Å²) in [7, 11) is -6.00. The van der Waals surface area contributed by atoms with Crippen LogP contribution in [0.2, 0.25) is 0 Å². The largest absolute Gasteiger partial charge is 0 e.